The van der Waals surface area contributed by atoms with Crippen molar-refractivity contribution >= 4 is 27.5 Å². The van der Waals surface area contributed by atoms with Crippen molar-refractivity contribution < 1.29 is 8.42 Å². The molecule has 2 heterocycles. The summed E-state index contributed by atoms with van der Waals surface area (Å²) in [5.74, 6) is 1.34. The van der Waals surface area contributed by atoms with E-state index in [1.54, 1.807) is 12.1 Å². The Morgan fingerprint density at radius 2 is 1.82 bits per heavy atom. The summed E-state index contributed by atoms with van der Waals surface area (Å²) in [5, 5.41) is 8.51. The van der Waals surface area contributed by atoms with E-state index in [1.165, 1.54) is 0 Å². The van der Waals surface area contributed by atoms with Gasteiger partial charge in [-0.1, -0.05) is 24.3 Å². The molecule has 0 saturated heterocycles. The van der Waals surface area contributed by atoms with Crippen LogP contribution in [-0.2, 0) is 23.0 Å². The van der Waals surface area contributed by atoms with Crippen LogP contribution in [-0.4, -0.2) is 24.9 Å². The number of benzene rings is 2. The molecule has 0 fully saturated rings. The summed E-state index contributed by atoms with van der Waals surface area (Å²) in [6.45, 7) is 3.29. The molecule has 144 valence electrons. The number of rotatable bonds is 4. The summed E-state index contributed by atoms with van der Waals surface area (Å²) < 4.78 is 23.3. The van der Waals surface area contributed by atoms with Gasteiger partial charge in [0, 0.05) is 30.5 Å². The first kappa shape index (κ1) is 18.4. The molecule has 0 unspecified atom stereocenters. The van der Waals surface area contributed by atoms with Gasteiger partial charge in [0.15, 0.2) is 0 Å². The van der Waals surface area contributed by atoms with Crippen molar-refractivity contribution in [2.75, 3.05) is 16.8 Å². The number of nitrogens with one attached hydrogen (secondary N) is 1. The standard InChI is InChI=1S/C20H21N5O2S/c1-14-11-19(24-20(22-14)23-17-5-3-2-4-6-17)25-10-9-15-7-8-18(28(21,26)27)12-16(15)13-25/h2-8,11-12H,9-10,13H2,1H3,(H2,21,26,27)(H,22,23,24). The number of nitrogens with zero attached hydrogens (tertiary/aromatic N) is 3. The Morgan fingerprint density at radius 3 is 2.57 bits per heavy atom. The Kier molecular flexibility index (Phi) is 4.74. The van der Waals surface area contributed by atoms with Crippen LogP contribution in [0.2, 0.25) is 0 Å². The van der Waals surface area contributed by atoms with Gasteiger partial charge >= 0.3 is 0 Å². The van der Waals surface area contributed by atoms with Gasteiger partial charge < -0.3 is 10.2 Å². The zero-order valence-electron chi connectivity index (χ0n) is 15.5. The molecule has 3 N–H and O–H groups in total. The number of primary sulfonamides is 1. The van der Waals surface area contributed by atoms with Crippen LogP contribution in [0.3, 0.4) is 0 Å². The first-order chi connectivity index (χ1) is 13.4. The lowest BCUT2D eigenvalue weighted by Crippen LogP contribution is -2.31. The summed E-state index contributed by atoms with van der Waals surface area (Å²) in [6.07, 6.45) is 0.810. The topological polar surface area (TPSA) is 101 Å². The van der Waals surface area contributed by atoms with Crippen LogP contribution in [0, 0.1) is 6.92 Å². The SMILES string of the molecule is Cc1cc(N2CCc3ccc(S(N)(=O)=O)cc3C2)nc(Nc2ccccc2)n1. The third-order valence-corrected chi connectivity index (χ3v) is 5.62. The van der Waals surface area contributed by atoms with Gasteiger partial charge in [-0.2, -0.15) is 4.98 Å². The van der Waals surface area contributed by atoms with Crippen LogP contribution < -0.4 is 15.4 Å². The van der Waals surface area contributed by atoms with E-state index < -0.39 is 10.0 Å². The molecule has 0 aliphatic carbocycles. The van der Waals surface area contributed by atoms with Crippen LogP contribution in [0.5, 0.6) is 0 Å². The minimum Gasteiger partial charge on any atom is -0.352 e. The summed E-state index contributed by atoms with van der Waals surface area (Å²) in [7, 11) is -3.72. The second kappa shape index (κ2) is 7.21. The van der Waals surface area contributed by atoms with Crippen molar-refractivity contribution in [3.8, 4) is 0 Å². The van der Waals surface area contributed by atoms with Crippen molar-refractivity contribution in [2.24, 2.45) is 5.14 Å². The summed E-state index contributed by atoms with van der Waals surface area (Å²) in [6, 6.07) is 16.8. The van der Waals surface area contributed by atoms with E-state index in [0.717, 1.165) is 41.3 Å². The molecule has 2 aromatic carbocycles. The molecule has 0 atom stereocenters. The molecule has 1 aliphatic rings. The molecular formula is C20H21N5O2S. The van der Waals surface area contributed by atoms with Gasteiger partial charge in [0.1, 0.15) is 5.82 Å². The quantitative estimate of drug-likeness (QED) is 0.704. The van der Waals surface area contributed by atoms with Gasteiger partial charge in [-0.25, -0.2) is 18.5 Å². The zero-order valence-corrected chi connectivity index (χ0v) is 16.3. The van der Waals surface area contributed by atoms with Crippen molar-refractivity contribution in [3.63, 3.8) is 0 Å². The molecule has 0 amide bonds. The maximum atomic E-state index is 11.7. The summed E-state index contributed by atoms with van der Waals surface area (Å²) in [5.41, 5.74) is 3.86. The smallest absolute Gasteiger partial charge is 0.238 e. The number of aromatic nitrogens is 2. The average Bonchev–Trinajstić information content (AvgIpc) is 2.67. The Balaban J connectivity index is 1.62. The fraction of sp³-hybridized carbons (Fsp3) is 0.200. The minimum absolute atomic E-state index is 0.137. The number of anilines is 3. The van der Waals surface area contributed by atoms with Gasteiger partial charge in [-0.05, 0) is 48.7 Å². The van der Waals surface area contributed by atoms with Crippen molar-refractivity contribution in [1.82, 2.24) is 9.97 Å². The highest BCUT2D eigenvalue weighted by molar-refractivity contribution is 7.89. The molecule has 0 radical (unpaired) electrons. The number of aryl methyl sites for hydroxylation is 1. The van der Waals surface area contributed by atoms with E-state index in [0.29, 0.717) is 12.5 Å². The fourth-order valence-electron chi connectivity index (χ4n) is 3.33. The predicted octanol–water partition coefficient (Wildman–Crippen LogP) is 2.74. The third kappa shape index (κ3) is 3.97. The van der Waals surface area contributed by atoms with Crippen LogP contribution >= 0.6 is 0 Å². The average molecular weight is 395 g/mol. The molecule has 1 aliphatic heterocycles. The molecule has 1 aromatic heterocycles. The van der Waals surface area contributed by atoms with Gasteiger partial charge in [-0.15, -0.1) is 0 Å². The molecule has 0 saturated carbocycles. The lowest BCUT2D eigenvalue weighted by Gasteiger charge is -2.30. The number of hydrogen-bond donors (Lipinski definition) is 2. The number of para-hydroxylation sites is 1. The van der Waals surface area contributed by atoms with Gasteiger partial charge in [-0.3, -0.25) is 0 Å². The second-order valence-corrected chi connectivity index (χ2v) is 8.39. The molecular weight excluding hydrogens is 374 g/mol. The van der Waals surface area contributed by atoms with E-state index in [-0.39, 0.29) is 4.90 Å². The monoisotopic (exact) mass is 395 g/mol. The van der Waals surface area contributed by atoms with Crippen LogP contribution in [0.1, 0.15) is 16.8 Å². The highest BCUT2D eigenvalue weighted by Gasteiger charge is 2.20. The minimum atomic E-state index is -3.72. The number of sulfonamides is 1. The Morgan fingerprint density at radius 1 is 1.04 bits per heavy atom. The van der Waals surface area contributed by atoms with Crippen molar-refractivity contribution in [1.29, 1.82) is 0 Å². The number of hydrogen-bond acceptors (Lipinski definition) is 6. The Bertz CT molecular complexity index is 1120. The first-order valence-corrected chi connectivity index (χ1v) is 10.5. The second-order valence-electron chi connectivity index (χ2n) is 6.83. The van der Waals surface area contributed by atoms with E-state index in [1.807, 2.05) is 49.4 Å². The molecule has 28 heavy (non-hydrogen) atoms. The maximum Gasteiger partial charge on any atom is 0.238 e. The molecule has 3 aromatic rings. The van der Waals surface area contributed by atoms with Gasteiger partial charge in [0.25, 0.3) is 0 Å². The molecule has 0 spiro atoms. The Labute approximate surface area is 164 Å². The third-order valence-electron chi connectivity index (χ3n) is 4.71. The van der Waals surface area contributed by atoms with E-state index in [2.05, 4.69) is 20.2 Å². The van der Waals surface area contributed by atoms with Crippen LogP contribution in [0.25, 0.3) is 0 Å². The van der Waals surface area contributed by atoms with E-state index >= 15 is 0 Å². The molecule has 7 nitrogen and oxygen atoms in total. The largest absolute Gasteiger partial charge is 0.352 e. The van der Waals surface area contributed by atoms with E-state index in [4.69, 9.17) is 5.14 Å². The zero-order chi connectivity index (χ0) is 19.7. The highest BCUT2D eigenvalue weighted by Crippen LogP contribution is 2.26. The lowest BCUT2D eigenvalue weighted by molar-refractivity contribution is 0.597. The normalized spacial score (nSPS) is 13.9. The lowest BCUT2D eigenvalue weighted by atomic mass is 10.00. The van der Waals surface area contributed by atoms with Crippen LogP contribution in [0.15, 0.2) is 59.5 Å². The van der Waals surface area contributed by atoms with Crippen LogP contribution in [0.4, 0.5) is 17.5 Å². The molecule has 8 heteroatoms. The molecule has 0 bridgehead atoms. The highest BCUT2D eigenvalue weighted by atomic mass is 32.2. The number of nitrogens with two attached hydrogens (primary N) is 1. The van der Waals surface area contributed by atoms with Gasteiger partial charge in [0.05, 0.1) is 4.90 Å². The first-order valence-electron chi connectivity index (χ1n) is 8.96. The maximum absolute atomic E-state index is 11.7. The summed E-state index contributed by atoms with van der Waals surface area (Å²) >= 11 is 0. The Hall–Kier alpha value is -2.97. The van der Waals surface area contributed by atoms with E-state index in [9.17, 15) is 8.42 Å². The predicted molar refractivity (Wildman–Crippen MR) is 109 cm³/mol. The summed E-state index contributed by atoms with van der Waals surface area (Å²) in [4.78, 5) is 11.4. The fourth-order valence-corrected chi connectivity index (χ4v) is 3.89. The van der Waals surface area contributed by atoms with Crippen molar-refractivity contribution in [3.05, 3.63) is 71.4 Å². The molecule has 4 rings (SSSR count). The number of fused-ring (bicyclic) bond motifs is 1. The van der Waals surface area contributed by atoms with Crippen molar-refractivity contribution in [2.45, 2.75) is 24.8 Å². The van der Waals surface area contributed by atoms with Gasteiger partial charge in [0.2, 0.25) is 16.0 Å².